The number of benzene rings is 1. The first-order valence-electron chi connectivity index (χ1n) is 7.06. The number of nitriles is 1. The third-order valence-corrected chi connectivity index (χ3v) is 3.24. The number of methoxy groups -OCH3 is 2. The highest BCUT2D eigenvalue weighted by Crippen LogP contribution is 2.11. The molecule has 0 amide bonds. The van der Waals surface area contributed by atoms with Gasteiger partial charge in [0.2, 0.25) is 0 Å². The summed E-state index contributed by atoms with van der Waals surface area (Å²) >= 11 is 0. The van der Waals surface area contributed by atoms with Crippen LogP contribution in [-0.2, 0) is 9.47 Å². The Hall–Kier alpha value is -1.61. The van der Waals surface area contributed by atoms with Gasteiger partial charge in [-0.2, -0.15) is 5.26 Å². The lowest BCUT2D eigenvalue weighted by Crippen LogP contribution is -2.41. The zero-order chi connectivity index (χ0) is 15.5. The maximum atomic E-state index is 8.75. The van der Waals surface area contributed by atoms with Gasteiger partial charge in [0.05, 0.1) is 24.8 Å². The molecule has 0 saturated heterocycles. The Balaban J connectivity index is 2.42. The van der Waals surface area contributed by atoms with Gasteiger partial charge in [-0.1, -0.05) is 0 Å². The molecule has 0 aliphatic rings. The van der Waals surface area contributed by atoms with Crippen molar-refractivity contribution in [2.45, 2.75) is 13.0 Å². The van der Waals surface area contributed by atoms with Gasteiger partial charge in [-0.3, -0.25) is 4.90 Å². The SMILES string of the molecule is COCCN(CCOc1ccc(C#N)cc1)C(C)COC. The molecule has 1 aromatic carbocycles. The molecule has 0 heterocycles. The maximum absolute atomic E-state index is 8.75. The minimum Gasteiger partial charge on any atom is -0.492 e. The van der Waals surface area contributed by atoms with Gasteiger partial charge in [-0.15, -0.1) is 0 Å². The standard InChI is InChI=1S/C16H24N2O3/c1-14(13-20-3)18(8-10-19-2)9-11-21-16-6-4-15(12-17)5-7-16/h4-7,14H,8-11,13H2,1-3H3. The number of hydrogen-bond acceptors (Lipinski definition) is 5. The highest BCUT2D eigenvalue weighted by molar-refractivity contribution is 5.34. The quantitative estimate of drug-likeness (QED) is 0.659. The zero-order valence-corrected chi connectivity index (χ0v) is 13.0. The fourth-order valence-corrected chi connectivity index (χ4v) is 2.01. The van der Waals surface area contributed by atoms with Crippen LogP contribution in [0.2, 0.25) is 0 Å². The lowest BCUT2D eigenvalue weighted by atomic mass is 10.2. The van der Waals surface area contributed by atoms with Crippen LogP contribution in [0, 0.1) is 11.3 Å². The first-order valence-corrected chi connectivity index (χ1v) is 7.06. The van der Waals surface area contributed by atoms with E-state index in [-0.39, 0.29) is 0 Å². The zero-order valence-electron chi connectivity index (χ0n) is 13.0. The van der Waals surface area contributed by atoms with Crippen LogP contribution in [0.15, 0.2) is 24.3 Å². The van der Waals surface area contributed by atoms with Gasteiger partial charge >= 0.3 is 0 Å². The van der Waals surface area contributed by atoms with E-state index in [0.29, 0.717) is 31.4 Å². The number of hydrogen-bond donors (Lipinski definition) is 0. The molecule has 1 unspecified atom stereocenters. The van der Waals surface area contributed by atoms with E-state index in [2.05, 4.69) is 17.9 Å². The summed E-state index contributed by atoms with van der Waals surface area (Å²) in [5.41, 5.74) is 0.637. The lowest BCUT2D eigenvalue weighted by Gasteiger charge is -2.28. The largest absolute Gasteiger partial charge is 0.492 e. The summed E-state index contributed by atoms with van der Waals surface area (Å²) in [6.07, 6.45) is 0. The molecule has 1 atom stereocenters. The maximum Gasteiger partial charge on any atom is 0.119 e. The normalized spacial score (nSPS) is 12.1. The first kappa shape index (κ1) is 17.4. The van der Waals surface area contributed by atoms with Crippen molar-refractivity contribution in [2.24, 2.45) is 0 Å². The van der Waals surface area contributed by atoms with Crippen LogP contribution >= 0.6 is 0 Å². The Bertz CT molecular complexity index is 428. The van der Waals surface area contributed by atoms with Crippen molar-refractivity contribution < 1.29 is 14.2 Å². The van der Waals surface area contributed by atoms with E-state index < -0.39 is 0 Å². The van der Waals surface area contributed by atoms with Gasteiger partial charge in [0.1, 0.15) is 12.4 Å². The van der Waals surface area contributed by atoms with Gasteiger partial charge in [0, 0.05) is 33.4 Å². The Kier molecular flexibility index (Phi) is 8.44. The van der Waals surface area contributed by atoms with Crippen LogP contribution in [0.1, 0.15) is 12.5 Å². The van der Waals surface area contributed by atoms with Crippen molar-refractivity contribution in [3.05, 3.63) is 29.8 Å². The fourth-order valence-electron chi connectivity index (χ4n) is 2.01. The minimum absolute atomic E-state index is 0.315. The van der Waals surface area contributed by atoms with Crippen LogP contribution in [-0.4, -0.2) is 58.1 Å². The molecule has 0 aromatic heterocycles. The molecule has 0 spiro atoms. The molecular formula is C16H24N2O3. The second kappa shape index (κ2) is 10.2. The van der Waals surface area contributed by atoms with Crippen LogP contribution in [0.5, 0.6) is 5.75 Å². The molecule has 0 bridgehead atoms. The molecule has 116 valence electrons. The highest BCUT2D eigenvalue weighted by Gasteiger charge is 2.13. The lowest BCUT2D eigenvalue weighted by molar-refractivity contribution is 0.0661. The average molecular weight is 292 g/mol. The van der Waals surface area contributed by atoms with E-state index in [1.165, 1.54) is 0 Å². The van der Waals surface area contributed by atoms with E-state index in [4.69, 9.17) is 19.5 Å². The summed E-state index contributed by atoms with van der Waals surface area (Å²) in [7, 11) is 3.41. The van der Waals surface area contributed by atoms with E-state index in [0.717, 1.165) is 18.8 Å². The van der Waals surface area contributed by atoms with Crippen molar-refractivity contribution in [1.82, 2.24) is 4.90 Å². The van der Waals surface area contributed by atoms with Crippen molar-refractivity contribution in [3.63, 3.8) is 0 Å². The summed E-state index contributed by atoms with van der Waals surface area (Å²) < 4.78 is 16.0. The van der Waals surface area contributed by atoms with Gasteiger partial charge in [0.15, 0.2) is 0 Å². The molecule has 0 saturated carbocycles. The second-order valence-corrected chi connectivity index (χ2v) is 4.82. The molecule has 0 radical (unpaired) electrons. The smallest absolute Gasteiger partial charge is 0.119 e. The topological polar surface area (TPSA) is 54.7 Å². The van der Waals surface area contributed by atoms with Crippen molar-refractivity contribution in [2.75, 3.05) is 47.1 Å². The van der Waals surface area contributed by atoms with Crippen molar-refractivity contribution >= 4 is 0 Å². The second-order valence-electron chi connectivity index (χ2n) is 4.82. The van der Waals surface area contributed by atoms with Gasteiger partial charge in [0.25, 0.3) is 0 Å². The summed E-state index contributed by atoms with van der Waals surface area (Å²) in [5.74, 6) is 0.778. The third kappa shape index (κ3) is 6.58. The highest BCUT2D eigenvalue weighted by atomic mass is 16.5. The molecule has 0 fully saturated rings. The molecule has 0 aliphatic heterocycles. The predicted octanol–water partition coefficient (Wildman–Crippen LogP) is 1.92. The Morgan fingerprint density at radius 3 is 2.33 bits per heavy atom. The molecule has 0 aliphatic carbocycles. The van der Waals surface area contributed by atoms with Gasteiger partial charge in [-0.25, -0.2) is 0 Å². The van der Waals surface area contributed by atoms with E-state index >= 15 is 0 Å². The summed E-state index contributed by atoms with van der Waals surface area (Å²) in [6.45, 7) is 5.72. The monoisotopic (exact) mass is 292 g/mol. The Morgan fingerprint density at radius 1 is 1.10 bits per heavy atom. The fraction of sp³-hybridized carbons (Fsp3) is 0.562. The number of nitrogens with zero attached hydrogens (tertiary/aromatic N) is 2. The van der Waals surface area contributed by atoms with Crippen LogP contribution in [0.3, 0.4) is 0 Å². The first-order chi connectivity index (χ1) is 10.2. The molecule has 0 N–H and O–H groups in total. The summed E-state index contributed by atoms with van der Waals surface area (Å²) in [4.78, 5) is 2.27. The number of rotatable bonds is 10. The summed E-state index contributed by atoms with van der Waals surface area (Å²) in [6, 6.07) is 9.55. The van der Waals surface area contributed by atoms with Gasteiger partial charge < -0.3 is 14.2 Å². The Labute approximate surface area is 127 Å². The van der Waals surface area contributed by atoms with Crippen LogP contribution in [0.25, 0.3) is 0 Å². The van der Waals surface area contributed by atoms with Crippen molar-refractivity contribution in [3.8, 4) is 11.8 Å². The molecule has 1 aromatic rings. The van der Waals surface area contributed by atoms with Crippen LogP contribution < -0.4 is 4.74 Å². The van der Waals surface area contributed by atoms with Gasteiger partial charge in [-0.05, 0) is 31.2 Å². The molecule has 5 nitrogen and oxygen atoms in total. The molecule has 5 heteroatoms. The van der Waals surface area contributed by atoms with E-state index in [1.807, 2.05) is 12.1 Å². The molecular weight excluding hydrogens is 268 g/mol. The minimum atomic E-state index is 0.315. The molecule has 21 heavy (non-hydrogen) atoms. The predicted molar refractivity (Wildman–Crippen MR) is 81.4 cm³/mol. The van der Waals surface area contributed by atoms with E-state index in [9.17, 15) is 0 Å². The van der Waals surface area contributed by atoms with E-state index in [1.54, 1.807) is 26.4 Å². The van der Waals surface area contributed by atoms with Crippen LogP contribution in [0.4, 0.5) is 0 Å². The Morgan fingerprint density at radius 2 is 1.76 bits per heavy atom. The average Bonchev–Trinajstić information content (AvgIpc) is 2.51. The molecule has 1 rings (SSSR count). The van der Waals surface area contributed by atoms with Crippen molar-refractivity contribution in [1.29, 1.82) is 5.26 Å². The third-order valence-electron chi connectivity index (χ3n) is 3.24. The summed E-state index contributed by atoms with van der Waals surface area (Å²) in [5, 5.41) is 8.75. The number of ether oxygens (including phenoxy) is 3.